The Balaban J connectivity index is 2.04. The summed E-state index contributed by atoms with van der Waals surface area (Å²) < 4.78 is 13.6. The molecule has 1 amide bonds. The van der Waals surface area contributed by atoms with Crippen molar-refractivity contribution in [3.8, 4) is 0 Å². The number of halogens is 2. The van der Waals surface area contributed by atoms with Crippen LogP contribution in [-0.2, 0) is 4.79 Å². The monoisotopic (exact) mass is 286 g/mol. The van der Waals surface area contributed by atoms with E-state index in [1.165, 1.54) is 18.9 Å². The maximum atomic E-state index is 13.6. The van der Waals surface area contributed by atoms with Crippen molar-refractivity contribution in [3.63, 3.8) is 0 Å². The van der Waals surface area contributed by atoms with Crippen LogP contribution in [0.25, 0.3) is 0 Å². The van der Waals surface area contributed by atoms with Crippen molar-refractivity contribution in [2.75, 3.05) is 13.1 Å². The van der Waals surface area contributed by atoms with Gasteiger partial charge in [-0.15, -0.1) is 0 Å². The van der Waals surface area contributed by atoms with Gasteiger partial charge in [-0.3, -0.25) is 4.79 Å². The Morgan fingerprint density at radius 2 is 2.32 bits per heavy atom. The molecule has 1 saturated carbocycles. The molecule has 0 aromatic heterocycles. The van der Waals surface area contributed by atoms with Gasteiger partial charge >= 0.3 is 0 Å². The van der Waals surface area contributed by atoms with E-state index in [1.54, 1.807) is 0 Å². The Labute approximate surface area is 118 Å². The van der Waals surface area contributed by atoms with Gasteiger partial charge in [-0.2, -0.15) is 0 Å². The molecular weight excluding hydrogens is 267 g/mol. The lowest BCUT2D eigenvalue weighted by Gasteiger charge is -2.26. The number of carbonyl (C=O) groups is 1. The molecule has 0 saturated heterocycles. The Morgan fingerprint density at radius 1 is 1.63 bits per heavy atom. The Morgan fingerprint density at radius 3 is 2.89 bits per heavy atom. The van der Waals surface area contributed by atoms with Crippen LogP contribution in [-0.4, -0.2) is 19.0 Å². The van der Waals surface area contributed by atoms with E-state index in [-0.39, 0.29) is 11.0 Å². The second-order valence-electron chi connectivity index (χ2n) is 5.56. The fraction of sp³-hybridized carbons (Fsp3) is 0.643. The molecule has 2 aliphatic carbocycles. The smallest absolute Gasteiger partial charge is 0.225 e. The minimum absolute atomic E-state index is 0.0484. The van der Waals surface area contributed by atoms with Crippen molar-refractivity contribution in [3.05, 3.63) is 22.5 Å². The summed E-state index contributed by atoms with van der Waals surface area (Å²) in [6, 6.07) is 0. The molecule has 19 heavy (non-hydrogen) atoms. The molecule has 5 heteroatoms. The van der Waals surface area contributed by atoms with Gasteiger partial charge in [-0.25, -0.2) is 4.39 Å². The Hall–Kier alpha value is -0.870. The van der Waals surface area contributed by atoms with Gasteiger partial charge in [0.1, 0.15) is 5.83 Å². The number of amides is 1. The molecular formula is C14H20ClFN2O. The highest BCUT2D eigenvalue weighted by molar-refractivity contribution is 6.30. The van der Waals surface area contributed by atoms with Gasteiger partial charge in [-0.05, 0) is 43.7 Å². The van der Waals surface area contributed by atoms with Crippen LogP contribution in [0.15, 0.2) is 22.5 Å². The molecule has 2 aliphatic rings. The summed E-state index contributed by atoms with van der Waals surface area (Å²) in [5.74, 6) is -0.524. The van der Waals surface area contributed by atoms with Gasteiger partial charge in [0.2, 0.25) is 5.91 Å². The van der Waals surface area contributed by atoms with E-state index in [2.05, 4.69) is 5.32 Å². The first-order chi connectivity index (χ1) is 8.99. The number of allylic oxidation sites excluding steroid dienone is 3. The van der Waals surface area contributed by atoms with Crippen LogP contribution in [0.3, 0.4) is 0 Å². The molecule has 0 bridgehead atoms. The zero-order chi connectivity index (χ0) is 14.0. The fourth-order valence-electron chi connectivity index (χ4n) is 2.43. The van der Waals surface area contributed by atoms with Gasteiger partial charge in [0.05, 0.1) is 11.0 Å². The van der Waals surface area contributed by atoms with Crippen molar-refractivity contribution in [2.24, 2.45) is 23.5 Å². The largest absolute Gasteiger partial charge is 0.369 e. The topological polar surface area (TPSA) is 55.1 Å². The van der Waals surface area contributed by atoms with Crippen molar-refractivity contribution in [2.45, 2.75) is 26.2 Å². The van der Waals surface area contributed by atoms with Crippen LogP contribution in [0.5, 0.6) is 0 Å². The highest BCUT2D eigenvalue weighted by atomic mass is 35.5. The van der Waals surface area contributed by atoms with E-state index in [0.717, 1.165) is 18.0 Å². The van der Waals surface area contributed by atoms with Gasteiger partial charge in [-0.1, -0.05) is 24.1 Å². The number of carbonyl (C=O) groups excluding carboxylic acids is 1. The summed E-state index contributed by atoms with van der Waals surface area (Å²) in [5, 5.41) is 3.49. The lowest BCUT2D eigenvalue weighted by molar-refractivity contribution is -0.120. The minimum Gasteiger partial charge on any atom is -0.369 e. The first-order valence-electron chi connectivity index (χ1n) is 6.74. The molecule has 0 aromatic rings. The third-order valence-electron chi connectivity index (χ3n) is 3.83. The molecule has 0 radical (unpaired) electrons. The summed E-state index contributed by atoms with van der Waals surface area (Å²) in [6.07, 6.45) is 4.32. The molecule has 2 atom stereocenters. The van der Waals surface area contributed by atoms with Gasteiger partial charge in [0.25, 0.3) is 0 Å². The lowest BCUT2D eigenvalue weighted by atomic mass is 9.83. The van der Waals surface area contributed by atoms with Crippen molar-refractivity contribution in [1.82, 2.24) is 5.32 Å². The van der Waals surface area contributed by atoms with Crippen LogP contribution in [0, 0.1) is 17.8 Å². The number of nitrogens with two attached hydrogens (primary N) is 1. The van der Waals surface area contributed by atoms with Gasteiger partial charge in [0, 0.05) is 6.54 Å². The molecule has 3 nitrogen and oxygen atoms in total. The molecule has 1 fully saturated rings. The predicted molar refractivity (Wildman–Crippen MR) is 74.1 cm³/mol. The van der Waals surface area contributed by atoms with Crippen molar-refractivity contribution in [1.29, 1.82) is 0 Å². The maximum absolute atomic E-state index is 13.6. The normalized spacial score (nSPS) is 25.2. The third kappa shape index (κ3) is 3.80. The van der Waals surface area contributed by atoms with E-state index in [0.29, 0.717) is 13.0 Å². The molecule has 0 aromatic carbocycles. The zero-order valence-corrected chi connectivity index (χ0v) is 11.8. The number of primary amides is 1. The SMILES string of the molecule is CC1CC(Cl)=C(F)C=C1[C@@H](CNCC1CC1)C(N)=O. The van der Waals surface area contributed by atoms with Crippen LogP contribution < -0.4 is 11.1 Å². The summed E-state index contributed by atoms with van der Waals surface area (Å²) in [5.41, 5.74) is 6.20. The zero-order valence-electron chi connectivity index (χ0n) is 11.1. The highest BCUT2D eigenvalue weighted by Crippen LogP contribution is 2.35. The molecule has 2 rings (SSSR count). The van der Waals surface area contributed by atoms with E-state index in [1.807, 2.05) is 6.92 Å². The number of hydrogen-bond acceptors (Lipinski definition) is 2. The molecule has 1 unspecified atom stereocenters. The number of hydrogen-bond donors (Lipinski definition) is 2. The average Bonchev–Trinajstić information content (AvgIpc) is 3.14. The van der Waals surface area contributed by atoms with Gasteiger partial charge in [0.15, 0.2) is 0 Å². The van der Waals surface area contributed by atoms with Crippen LogP contribution in [0.1, 0.15) is 26.2 Å². The summed E-state index contributed by atoms with van der Waals surface area (Å²) >= 11 is 5.79. The fourth-order valence-corrected chi connectivity index (χ4v) is 2.72. The van der Waals surface area contributed by atoms with Crippen LogP contribution in [0.2, 0.25) is 0 Å². The molecule has 106 valence electrons. The number of rotatable bonds is 6. The molecule has 3 N–H and O–H groups in total. The standard InChI is InChI=1S/C14H20ClFN2O/c1-8-4-12(15)13(16)5-10(8)11(14(17)19)7-18-6-9-2-3-9/h5,8-9,11,18H,2-4,6-7H2,1H3,(H2,17,19)/t8?,11-/m1/s1. The molecule has 0 aliphatic heterocycles. The summed E-state index contributed by atoms with van der Waals surface area (Å²) in [4.78, 5) is 11.6. The molecule has 0 spiro atoms. The predicted octanol–water partition coefficient (Wildman–Crippen LogP) is 2.47. The van der Waals surface area contributed by atoms with Crippen LogP contribution >= 0.6 is 11.6 Å². The first-order valence-corrected chi connectivity index (χ1v) is 7.12. The van der Waals surface area contributed by atoms with E-state index in [9.17, 15) is 9.18 Å². The second-order valence-corrected chi connectivity index (χ2v) is 6.02. The Bertz CT molecular complexity index is 429. The lowest BCUT2D eigenvalue weighted by Crippen LogP contribution is -2.37. The second kappa shape index (κ2) is 6.06. The first kappa shape index (κ1) is 14.5. The maximum Gasteiger partial charge on any atom is 0.225 e. The quantitative estimate of drug-likeness (QED) is 0.788. The van der Waals surface area contributed by atoms with Crippen molar-refractivity contribution < 1.29 is 9.18 Å². The highest BCUT2D eigenvalue weighted by Gasteiger charge is 2.29. The van der Waals surface area contributed by atoms with Crippen molar-refractivity contribution >= 4 is 17.5 Å². The number of nitrogens with one attached hydrogen (secondary N) is 1. The van der Waals surface area contributed by atoms with E-state index < -0.39 is 17.7 Å². The average molecular weight is 287 g/mol. The third-order valence-corrected chi connectivity index (χ3v) is 4.17. The summed E-state index contributed by atoms with van der Waals surface area (Å²) in [6.45, 7) is 3.33. The minimum atomic E-state index is -0.454. The van der Waals surface area contributed by atoms with Crippen LogP contribution in [0.4, 0.5) is 4.39 Å². The van der Waals surface area contributed by atoms with E-state index >= 15 is 0 Å². The van der Waals surface area contributed by atoms with Gasteiger partial charge < -0.3 is 11.1 Å². The van der Waals surface area contributed by atoms with E-state index in [4.69, 9.17) is 17.3 Å². The summed E-state index contributed by atoms with van der Waals surface area (Å²) in [7, 11) is 0. The molecule has 0 heterocycles. The Kier molecular flexibility index (Phi) is 4.63.